The van der Waals surface area contributed by atoms with Crippen molar-refractivity contribution in [2.75, 3.05) is 6.54 Å². The quantitative estimate of drug-likeness (QED) is 0.907. The van der Waals surface area contributed by atoms with Gasteiger partial charge >= 0.3 is 0 Å². The van der Waals surface area contributed by atoms with E-state index in [0.29, 0.717) is 18.2 Å². The minimum absolute atomic E-state index is 0. The number of nitrogens with zero attached hydrogens (tertiary/aromatic N) is 1. The second kappa shape index (κ2) is 8.16. The van der Waals surface area contributed by atoms with E-state index in [9.17, 15) is 4.79 Å². The Morgan fingerprint density at radius 3 is 2.52 bits per heavy atom. The minimum Gasteiger partial charge on any atom is -0.336 e. The van der Waals surface area contributed by atoms with Crippen LogP contribution in [0, 0.1) is 12.8 Å². The predicted octanol–water partition coefficient (Wildman–Crippen LogP) is 3.99. The monoisotopic (exact) mass is 336 g/mol. The second-order valence-corrected chi connectivity index (χ2v) is 7.07. The molecule has 0 spiro atoms. The van der Waals surface area contributed by atoms with E-state index in [-0.39, 0.29) is 24.5 Å². The first-order valence-corrected chi connectivity index (χ1v) is 8.77. The van der Waals surface area contributed by atoms with Crippen molar-refractivity contribution in [2.45, 2.75) is 64.0 Å². The molecule has 1 amide bonds. The second-order valence-electron chi connectivity index (χ2n) is 7.07. The lowest BCUT2D eigenvalue weighted by atomic mass is 9.92. The highest BCUT2D eigenvalue weighted by molar-refractivity contribution is 5.85. The van der Waals surface area contributed by atoms with Gasteiger partial charge in [0.25, 0.3) is 0 Å². The van der Waals surface area contributed by atoms with Crippen LogP contribution >= 0.6 is 12.4 Å². The normalized spacial score (nSPS) is 27.6. The summed E-state index contributed by atoms with van der Waals surface area (Å²) in [5, 5.41) is 0. The number of benzene rings is 1. The van der Waals surface area contributed by atoms with Gasteiger partial charge in [0, 0.05) is 19.0 Å². The summed E-state index contributed by atoms with van der Waals surface area (Å²) in [4.78, 5) is 14.9. The van der Waals surface area contributed by atoms with Crippen molar-refractivity contribution in [3.05, 3.63) is 35.4 Å². The number of piperidine rings is 1. The molecule has 0 bridgehead atoms. The molecule has 23 heavy (non-hydrogen) atoms. The number of hydrogen-bond acceptors (Lipinski definition) is 2. The van der Waals surface area contributed by atoms with Gasteiger partial charge < -0.3 is 10.6 Å². The number of rotatable bonds is 3. The zero-order chi connectivity index (χ0) is 15.5. The van der Waals surface area contributed by atoms with Crippen molar-refractivity contribution in [1.82, 2.24) is 4.90 Å². The topological polar surface area (TPSA) is 46.3 Å². The molecular weight excluding hydrogens is 308 g/mol. The van der Waals surface area contributed by atoms with Crippen LogP contribution in [0.5, 0.6) is 0 Å². The molecule has 2 aliphatic rings. The Hall–Kier alpha value is -1.06. The van der Waals surface area contributed by atoms with Gasteiger partial charge in [0.2, 0.25) is 5.91 Å². The Morgan fingerprint density at radius 2 is 1.87 bits per heavy atom. The van der Waals surface area contributed by atoms with Crippen LogP contribution in [-0.2, 0) is 4.79 Å². The maximum absolute atomic E-state index is 12.8. The first-order valence-electron chi connectivity index (χ1n) is 8.77. The first kappa shape index (κ1) is 18.3. The van der Waals surface area contributed by atoms with E-state index in [4.69, 9.17) is 5.73 Å². The highest BCUT2D eigenvalue weighted by atomic mass is 35.5. The number of likely N-dealkylation sites (tertiary alicyclic amines) is 1. The van der Waals surface area contributed by atoms with E-state index in [1.807, 2.05) is 0 Å². The van der Waals surface area contributed by atoms with Gasteiger partial charge in [-0.1, -0.05) is 36.2 Å². The molecule has 1 saturated heterocycles. The Bertz CT molecular complexity index is 517. The number of carbonyl (C=O) groups excluding carboxylic acids is 1. The third-order valence-electron chi connectivity index (χ3n) is 5.44. The van der Waals surface area contributed by atoms with E-state index < -0.39 is 0 Å². The van der Waals surface area contributed by atoms with E-state index in [1.165, 1.54) is 24.0 Å². The van der Waals surface area contributed by atoms with E-state index in [1.54, 1.807) is 0 Å². The molecule has 128 valence electrons. The summed E-state index contributed by atoms with van der Waals surface area (Å²) in [5.74, 6) is 0.709. The van der Waals surface area contributed by atoms with Crippen LogP contribution in [-0.4, -0.2) is 23.4 Å². The summed E-state index contributed by atoms with van der Waals surface area (Å²) in [6.07, 6.45) is 7.46. The van der Waals surface area contributed by atoms with Gasteiger partial charge in [0.15, 0.2) is 0 Å². The zero-order valence-corrected chi connectivity index (χ0v) is 14.9. The lowest BCUT2D eigenvalue weighted by Crippen LogP contribution is -2.40. The van der Waals surface area contributed by atoms with Crippen LogP contribution in [0.2, 0.25) is 0 Å². The molecule has 4 heteroatoms. The molecule has 1 aromatic carbocycles. The van der Waals surface area contributed by atoms with Crippen molar-refractivity contribution in [3.8, 4) is 0 Å². The summed E-state index contributed by atoms with van der Waals surface area (Å²) in [6.45, 7) is 3.01. The lowest BCUT2D eigenvalue weighted by Gasteiger charge is -2.37. The standard InChI is InChI=1S/C19H28N2O.ClH/c1-14-8-10-15(11-9-14)18-7-2-3-12-21(18)19(22)13-16-5-4-6-17(16)20;/h8-11,16-18H,2-7,12-13,20H2,1H3;1H/t16-,17+,18?;/m0./s1. The van der Waals surface area contributed by atoms with Crippen LogP contribution in [0.25, 0.3) is 0 Å². The molecular formula is C19H29ClN2O. The fourth-order valence-electron chi connectivity index (χ4n) is 4.03. The van der Waals surface area contributed by atoms with E-state index in [2.05, 4.69) is 36.1 Å². The van der Waals surface area contributed by atoms with Crippen molar-refractivity contribution in [1.29, 1.82) is 0 Å². The smallest absolute Gasteiger partial charge is 0.223 e. The Labute approximate surface area is 146 Å². The summed E-state index contributed by atoms with van der Waals surface area (Å²) >= 11 is 0. The van der Waals surface area contributed by atoms with Gasteiger partial charge in [0.1, 0.15) is 0 Å². The Balaban J connectivity index is 0.00000192. The maximum Gasteiger partial charge on any atom is 0.223 e. The first-order chi connectivity index (χ1) is 10.6. The van der Waals surface area contributed by atoms with Crippen LogP contribution in [0.3, 0.4) is 0 Å². The fourth-order valence-corrected chi connectivity index (χ4v) is 4.03. The van der Waals surface area contributed by atoms with Crippen molar-refractivity contribution >= 4 is 18.3 Å². The minimum atomic E-state index is 0. The van der Waals surface area contributed by atoms with Crippen molar-refractivity contribution in [3.63, 3.8) is 0 Å². The summed E-state index contributed by atoms with van der Waals surface area (Å²) in [5.41, 5.74) is 8.71. The van der Waals surface area contributed by atoms with E-state index >= 15 is 0 Å². The van der Waals surface area contributed by atoms with Gasteiger partial charge in [-0.15, -0.1) is 12.4 Å². The van der Waals surface area contributed by atoms with Crippen molar-refractivity contribution < 1.29 is 4.79 Å². The number of carbonyl (C=O) groups is 1. The summed E-state index contributed by atoms with van der Waals surface area (Å²) in [7, 11) is 0. The average molecular weight is 337 g/mol. The molecule has 2 N–H and O–H groups in total. The molecule has 1 aliphatic heterocycles. The number of aryl methyl sites for hydroxylation is 1. The molecule has 1 aliphatic carbocycles. The van der Waals surface area contributed by atoms with Crippen LogP contribution in [0.15, 0.2) is 24.3 Å². The third-order valence-corrected chi connectivity index (χ3v) is 5.44. The molecule has 1 heterocycles. The molecule has 1 unspecified atom stereocenters. The number of halogens is 1. The number of amides is 1. The number of nitrogens with two attached hydrogens (primary N) is 1. The predicted molar refractivity (Wildman–Crippen MR) is 96.7 cm³/mol. The number of hydrogen-bond donors (Lipinski definition) is 1. The molecule has 0 aromatic heterocycles. The highest BCUT2D eigenvalue weighted by Gasteiger charge is 2.32. The molecule has 1 saturated carbocycles. The van der Waals surface area contributed by atoms with Crippen LogP contribution in [0.4, 0.5) is 0 Å². The SMILES string of the molecule is Cc1ccc(C2CCCCN2C(=O)C[C@@H]2CCC[C@H]2N)cc1.Cl. The van der Waals surface area contributed by atoms with Gasteiger partial charge in [-0.2, -0.15) is 0 Å². The van der Waals surface area contributed by atoms with Gasteiger partial charge in [-0.05, 0) is 50.5 Å². The summed E-state index contributed by atoms with van der Waals surface area (Å²) < 4.78 is 0. The highest BCUT2D eigenvalue weighted by Crippen LogP contribution is 2.34. The molecule has 0 radical (unpaired) electrons. The molecule has 3 nitrogen and oxygen atoms in total. The Morgan fingerprint density at radius 1 is 1.13 bits per heavy atom. The van der Waals surface area contributed by atoms with Crippen LogP contribution in [0.1, 0.15) is 62.1 Å². The fraction of sp³-hybridized carbons (Fsp3) is 0.632. The average Bonchev–Trinajstić information content (AvgIpc) is 2.93. The largest absolute Gasteiger partial charge is 0.336 e. The van der Waals surface area contributed by atoms with Gasteiger partial charge in [-0.25, -0.2) is 0 Å². The molecule has 3 rings (SSSR count). The molecule has 2 fully saturated rings. The van der Waals surface area contributed by atoms with Crippen molar-refractivity contribution in [2.24, 2.45) is 11.7 Å². The maximum atomic E-state index is 12.8. The summed E-state index contributed by atoms with van der Waals surface area (Å²) in [6, 6.07) is 9.17. The molecule has 1 aromatic rings. The lowest BCUT2D eigenvalue weighted by molar-refractivity contribution is -0.136. The van der Waals surface area contributed by atoms with Gasteiger partial charge in [0.05, 0.1) is 6.04 Å². The van der Waals surface area contributed by atoms with E-state index in [0.717, 1.165) is 32.2 Å². The van der Waals surface area contributed by atoms with Gasteiger partial charge in [-0.3, -0.25) is 4.79 Å². The Kier molecular flexibility index (Phi) is 6.49. The van der Waals surface area contributed by atoms with Crippen LogP contribution < -0.4 is 5.73 Å². The third kappa shape index (κ3) is 4.27. The molecule has 3 atom stereocenters. The zero-order valence-electron chi connectivity index (χ0n) is 14.0.